The van der Waals surface area contributed by atoms with Crippen molar-refractivity contribution < 1.29 is 8.42 Å². The van der Waals surface area contributed by atoms with Crippen molar-refractivity contribution in [3.8, 4) is 0 Å². The van der Waals surface area contributed by atoms with Crippen LogP contribution in [-0.4, -0.2) is 37.6 Å². The molecular formula is C9H18ClNO2S2. The number of rotatable bonds is 6. The summed E-state index contributed by atoms with van der Waals surface area (Å²) in [5, 5.41) is 0. The minimum absolute atomic E-state index is 0.0129. The van der Waals surface area contributed by atoms with Crippen LogP contribution in [0.5, 0.6) is 0 Å². The van der Waals surface area contributed by atoms with Gasteiger partial charge in [0.2, 0.25) is 10.0 Å². The van der Waals surface area contributed by atoms with Crippen LogP contribution in [-0.2, 0) is 10.0 Å². The molecule has 0 bridgehead atoms. The molecule has 1 saturated carbocycles. The molecule has 1 rings (SSSR count). The van der Waals surface area contributed by atoms with Gasteiger partial charge in [0.1, 0.15) is 0 Å². The molecule has 0 spiro atoms. The molecule has 6 heteroatoms. The predicted octanol–water partition coefficient (Wildman–Crippen LogP) is 1.82. The molecule has 90 valence electrons. The summed E-state index contributed by atoms with van der Waals surface area (Å²) in [6.45, 7) is 0.549. The van der Waals surface area contributed by atoms with Crippen molar-refractivity contribution in [3.05, 3.63) is 0 Å². The Morgan fingerprint density at radius 2 is 2.00 bits per heavy atom. The molecule has 0 atom stereocenters. The topological polar surface area (TPSA) is 46.2 Å². The Morgan fingerprint density at radius 1 is 1.40 bits per heavy atom. The van der Waals surface area contributed by atoms with Crippen LogP contribution in [0.3, 0.4) is 0 Å². The van der Waals surface area contributed by atoms with Crippen LogP contribution in [0.15, 0.2) is 0 Å². The number of nitrogens with one attached hydrogen (secondary N) is 1. The van der Waals surface area contributed by atoms with Gasteiger partial charge >= 0.3 is 0 Å². The lowest BCUT2D eigenvalue weighted by atomic mass is 10.1. The van der Waals surface area contributed by atoms with Crippen molar-refractivity contribution >= 4 is 33.4 Å². The normalized spacial score (nSPS) is 20.7. The molecule has 0 radical (unpaired) electrons. The zero-order valence-corrected chi connectivity index (χ0v) is 11.3. The lowest BCUT2D eigenvalue weighted by molar-refractivity contribution is 0.552. The van der Waals surface area contributed by atoms with Gasteiger partial charge in [-0.15, -0.1) is 11.6 Å². The molecule has 3 nitrogen and oxygen atoms in total. The smallest absolute Gasteiger partial charge is 0.212 e. The van der Waals surface area contributed by atoms with Crippen molar-refractivity contribution in [2.45, 2.75) is 30.4 Å². The summed E-state index contributed by atoms with van der Waals surface area (Å²) in [7, 11) is -3.16. The molecule has 1 N–H and O–H groups in total. The Balaban J connectivity index is 2.47. The minimum atomic E-state index is -3.16. The average Bonchev–Trinajstić information content (AvgIpc) is 2.64. The van der Waals surface area contributed by atoms with E-state index in [9.17, 15) is 8.42 Å². The van der Waals surface area contributed by atoms with Crippen LogP contribution >= 0.6 is 23.4 Å². The Bertz CT molecular complexity index is 286. The average molecular weight is 272 g/mol. The summed E-state index contributed by atoms with van der Waals surface area (Å²) in [6, 6.07) is 0. The van der Waals surface area contributed by atoms with Crippen molar-refractivity contribution in [2.75, 3.05) is 24.4 Å². The molecule has 0 aromatic heterocycles. The molecular weight excluding hydrogens is 254 g/mol. The lowest BCUT2D eigenvalue weighted by Crippen LogP contribution is -2.39. The Morgan fingerprint density at radius 3 is 2.47 bits per heavy atom. The highest BCUT2D eigenvalue weighted by atomic mass is 35.5. The molecule has 1 fully saturated rings. The van der Waals surface area contributed by atoms with Gasteiger partial charge in [0, 0.05) is 17.2 Å². The predicted molar refractivity (Wildman–Crippen MR) is 67.2 cm³/mol. The molecule has 0 aliphatic heterocycles. The second-order valence-corrected chi connectivity index (χ2v) is 7.50. The van der Waals surface area contributed by atoms with E-state index in [1.165, 1.54) is 12.8 Å². The zero-order valence-electron chi connectivity index (χ0n) is 8.96. The van der Waals surface area contributed by atoms with Gasteiger partial charge in [0.05, 0.1) is 5.75 Å². The molecule has 1 aliphatic carbocycles. The fourth-order valence-electron chi connectivity index (χ4n) is 1.89. The van der Waals surface area contributed by atoms with Gasteiger partial charge in [-0.25, -0.2) is 13.1 Å². The number of sulfonamides is 1. The molecule has 0 amide bonds. The van der Waals surface area contributed by atoms with E-state index in [4.69, 9.17) is 11.6 Å². The zero-order chi connectivity index (χ0) is 11.4. The lowest BCUT2D eigenvalue weighted by Gasteiger charge is -2.26. The first-order valence-corrected chi connectivity index (χ1v) is 8.53. The third-order valence-corrected chi connectivity index (χ3v) is 6.07. The third kappa shape index (κ3) is 4.13. The Hall–Kier alpha value is 0.550. The summed E-state index contributed by atoms with van der Waals surface area (Å²) in [5.41, 5.74) is 0. The highest BCUT2D eigenvalue weighted by Gasteiger charge is 2.33. The van der Waals surface area contributed by atoms with Crippen LogP contribution in [0.25, 0.3) is 0 Å². The maximum Gasteiger partial charge on any atom is 0.212 e. The summed E-state index contributed by atoms with van der Waals surface area (Å²) >= 11 is 7.20. The second-order valence-electron chi connectivity index (χ2n) is 3.92. The summed E-state index contributed by atoms with van der Waals surface area (Å²) in [4.78, 5) is 0. The largest absolute Gasteiger partial charge is 0.214 e. The van der Waals surface area contributed by atoms with E-state index in [1.807, 2.05) is 0 Å². The van der Waals surface area contributed by atoms with Gasteiger partial charge in [-0.2, -0.15) is 11.8 Å². The number of hydrogen-bond acceptors (Lipinski definition) is 3. The van der Waals surface area contributed by atoms with Gasteiger partial charge in [-0.3, -0.25) is 0 Å². The van der Waals surface area contributed by atoms with E-state index in [0.29, 0.717) is 6.54 Å². The summed E-state index contributed by atoms with van der Waals surface area (Å²) in [5.74, 6) is 0.167. The highest BCUT2D eigenvalue weighted by Crippen LogP contribution is 2.39. The van der Waals surface area contributed by atoms with Crippen molar-refractivity contribution in [1.82, 2.24) is 4.72 Å². The van der Waals surface area contributed by atoms with E-state index in [2.05, 4.69) is 11.0 Å². The van der Waals surface area contributed by atoms with Crippen molar-refractivity contribution in [1.29, 1.82) is 0 Å². The molecule has 0 aromatic carbocycles. The number of halogens is 1. The van der Waals surface area contributed by atoms with E-state index in [0.717, 1.165) is 12.8 Å². The van der Waals surface area contributed by atoms with Crippen LogP contribution in [0.1, 0.15) is 25.7 Å². The van der Waals surface area contributed by atoms with Gasteiger partial charge in [0.25, 0.3) is 0 Å². The molecule has 0 aromatic rings. The first-order valence-electron chi connectivity index (χ1n) is 5.12. The fraction of sp³-hybridized carbons (Fsp3) is 1.00. The van der Waals surface area contributed by atoms with Gasteiger partial charge in [-0.1, -0.05) is 12.8 Å². The summed E-state index contributed by atoms with van der Waals surface area (Å²) < 4.78 is 25.7. The summed E-state index contributed by atoms with van der Waals surface area (Å²) in [6.07, 6.45) is 6.69. The molecule has 0 heterocycles. The monoisotopic (exact) mass is 271 g/mol. The van der Waals surface area contributed by atoms with Crippen molar-refractivity contribution in [2.24, 2.45) is 0 Å². The SMILES string of the molecule is CSC1(CNS(=O)(=O)CCCl)CCCC1. The van der Waals surface area contributed by atoms with E-state index in [-0.39, 0.29) is 16.4 Å². The molecule has 1 aliphatic rings. The minimum Gasteiger partial charge on any atom is -0.214 e. The van der Waals surface area contributed by atoms with Crippen LogP contribution in [0.4, 0.5) is 0 Å². The van der Waals surface area contributed by atoms with Crippen LogP contribution in [0.2, 0.25) is 0 Å². The third-order valence-electron chi connectivity index (χ3n) is 2.91. The maximum absolute atomic E-state index is 11.4. The Kier molecular flexibility index (Phi) is 5.22. The standard InChI is InChI=1S/C9H18ClNO2S2/c1-14-9(4-2-3-5-9)8-11-15(12,13)7-6-10/h11H,2-8H2,1H3. The van der Waals surface area contributed by atoms with Gasteiger partial charge in [0.15, 0.2) is 0 Å². The Labute approximate surface area is 101 Å². The first-order chi connectivity index (χ1) is 7.04. The fourth-order valence-corrected chi connectivity index (χ4v) is 4.35. The highest BCUT2D eigenvalue weighted by molar-refractivity contribution is 8.00. The molecule has 0 unspecified atom stereocenters. The van der Waals surface area contributed by atoms with Crippen LogP contribution in [0, 0.1) is 0 Å². The first kappa shape index (κ1) is 13.6. The maximum atomic E-state index is 11.4. The second kappa shape index (κ2) is 5.75. The van der Waals surface area contributed by atoms with Gasteiger partial charge < -0.3 is 0 Å². The molecule has 0 saturated heterocycles. The molecule has 15 heavy (non-hydrogen) atoms. The van der Waals surface area contributed by atoms with E-state index in [1.54, 1.807) is 11.8 Å². The number of thioether (sulfide) groups is 1. The number of alkyl halides is 1. The number of hydrogen-bond donors (Lipinski definition) is 1. The quantitative estimate of drug-likeness (QED) is 0.750. The van der Waals surface area contributed by atoms with E-state index >= 15 is 0 Å². The van der Waals surface area contributed by atoms with E-state index < -0.39 is 10.0 Å². The van der Waals surface area contributed by atoms with Gasteiger partial charge in [-0.05, 0) is 19.1 Å². The van der Waals surface area contributed by atoms with Crippen LogP contribution < -0.4 is 4.72 Å². The van der Waals surface area contributed by atoms with Crippen molar-refractivity contribution in [3.63, 3.8) is 0 Å².